The zero-order chi connectivity index (χ0) is 18.6. The summed E-state index contributed by atoms with van der Waals surface area (Å²) in [5, 5.41) is 0. The van der Waals surface area contributed by atoms with Crippen molar-refractivity contribution in [3.05, 3.63) is 35.1 Å². The number of hydrazine groups is 1. The number of fused-ring (bicyclic) bond motifs is 2. The summed E-state index contributed by atoms with van der Waals surface area (Å²) in [4.78, 5) is 6.81. The molecule has 1 unspecified atom stereocenters. The quantitative estimate of drug-likeness (QED) is 0.648. The number of hydrogen-bond donors (Lipinski definition) is 4. The summed E-state index contributed by atoms with van der Waals surface area (Å²) in [6.07, 6.45) is 7.75. The molecule has 3 fully saturated rings. The van der Waals surface area contributed by atoms with Crippen LogP contribution in [0, 0.1) is 17.7 Å². The second-order valence-electron chi connectivity index (χ2n) is 8.80. The highest BCUT2D eigenvalue weighted by Crippen LogP contribution is 2.47. The predicted molar refractivity (Wildman–Crippen MR) is 103 cm³/mol. The molecule has 4 aliphatic rings. The predicted octanol–water partition coefficient (Wildman–Crippen LogP) is 1.69. The first-order valence-electron chi connectivity index (χ1n) is 10.2. The fourth-order valence-electron chi connectivity index (χ4n) is 5.84. The average Bonchev–Trinajstić information content (AvgIpc) is 3.38. The average molecular weight is 372 g/mol. The van der Waals surface area contributed by atoms with Gasteiger partial charge < -0.3 is 10.6 Å². The second-order valence-corrected chi connectivity index (χ2v) is 8.80. The molecule has 2 aliphatic heterocycles. The minimum Gasteiger partial charge on any atom is -0.369 e. The highest BCUT2D eigenvalue weighted by molar-refractivity contribution is 5.79. The van der Waals surface area contributed by atoms with Gasteiger partial charge in [0.25, 0.3) is 0 Å². The van der Waals surface area contributed by atoms with Crippen LogP contribution >= 0.6 is 0 Å². The number of benzene rings is 1. The second kappa shape index (κ2) is 6.43. The number of nitrogens with zero attached hydrogens (tertiary/aromatic N) is 2. The first kappa shape index (κ1) is 17.4. The van der Waals surface area contributed by atoms with Crippen LogP contribution in [-0.2, 0) is 5.79 Å². The van der Waals surface area contributed by atoms with E-state index in [0.717, 1.165) is 49.4 Å². The number of aliphatic imine (C=N–C) groups is 1. The molecule has 7 heteroatoms. The van der Waals surface area contributed by atoms with Gasteiger partial charge in [0.05, 0.1) is 0 Å². The van der Waals surface area contributed by atoms with Crippen molar-refractivity contribution in [2.75, 3.05) is 13.1 Å². The van der Waals surface area contributed by atoms with E-state index in [1.807, 2.05) is 12.1 Å². The molecule has 4 atom stereocenters. The van der Waals surface area contributed by atoms with Crippen LogP contribution in [0.1, 0.15) is 55.6 Å². The van der Waals surface area contributed by atoms with Crippen molar-refractivity contribution in [1.29, 1.82) is 0 Å². The van der Waals surface area contributed by atoms with E-state index in [0.29, 0.717) is 5.56 Å². The smallest absolute Gasteiger partial charge is 0.209 e. The zero-order valence-corrected chi connectivity index (χ0v) is 15.6. The maximum atomic E-state index is 14.9. The summed E-state index contributed by atoms with van der Waals surface area (Å²) in [6.45, 7) is 2.18. The topological polar surface area (TPSA) is 91.7 Å². The van der Waals surface area contributed by atoms with E-state index in [-0.39, 0.29) is 17.7 Å². The molecule has 2 saturated carbocycles. The van der Waals surface area contributed by atoms with E-state index >= 15 is 0 Å². The van der Waals surface area contributed by atoms with Crippen molar-refractivity contribution >= 4 is 5.96 Å². The molecule has 1 saturated heterocycles. The van der Waals surface area contributed by atoms with Gasteiger partial charge in [0.1, 0.15) is 5.82 Å². The number of piperidine rings is 1. The molecular formula is C20H29FN6. The van der Waals surface area contributed by atoms with E-state index in [2.05, 4.69) is 20.7 Å². The van der Waals surface area contributed by atoms with Gasteiger partial charge >= 0.3 is 0 Å². The molecule has 27 heavy (non-hydrogen) atoms. The third kappa shape index (κ3) is 3.02. The molecule has 2 aliphatic carbocycles. The highest BCUT2D eigenvalue weighted by atomic mass is 19.1. The fraction of sp³-hybridized carbons (Fsp3) is 0.650. The lowest BCUT2D eigenvalue weighted by Crippen LogP contribution is -2.50. The number of guanidine groups is 1. The Hall–Kier alpha value is -1.70. The van der Waals surface area contributed by atoms with E-state index < -0.39 is 5.79 Å². The number of likely N-dealkylation sites (tertiary alicyclic amines) is 1. The van der Waals surface area contributed by atoms with Crippen molar-refractivity contribution in [2.24, 2.45) is 28.3 Å². The number of halogens is 1. The first-order valence-corrected chi connectivity index (χ1v) is 10.2. The van der Waals surface area contributed by atoms with Crippen LogP contribution in [0.3, 0.4) is 0 Å². The van der Waals surface area contributed by atoms with Crippen LogP contribution in [0.4, 0.5) is 4.39 Å². The Balaban J connectivity index is 1.26. The standard InChI is InChI=1S/C20H29FN6/c21-17-11-15(20(23)24-19(22)25-26-20)3-4-16(17)13-5-7-27(8-6-13)18-10-12-1-2-14(18)9-12/h3-4,11-14,18,26H,1-2,5-10,23H2,(H3,22,24,25)/t12-,14+,18+,20?/m1/s1. The Kier molecular flexibility index (Phi) is 4.14. The van der Waals surface area contributed by atoms with Gasteiger partial charge in [0, 0.05) is 11.6 Å². The highest BCUT2D eigenvalue weighted by Gasteiger charge is 2.43. The van der Waals surface area contributed by atoms with Gasteiger partial charge in [-0.05, 0) is 74.6 Å². The maximum absolute atomic E-state index is 14.9. The van der Waals surface area contributed by atoms with Gasteiger partial charge in [-0.15, -0.1) is 0 Å². The molecule has 2 heterocycles. The van der Waals surface area contributed by atoms with Crippen LogP contribution < -0.4 is 22.3 Å². The molecule has 2 bridgehead atoms. The fourth-order valence-corrected chi connectivity index (χ4v) is 5.84. The van der Waals surface area contributed by atoms with Crippen molar-refractivity contribution in [1.82, 2.24) is 15.8 Å². The van der Waals surface area contributed by atoms with Crippen molar-refractivity contribution in [2.45, 2.75) is 56.3 Å². The van der Waals surface area contributed by atoms with Crippen molar-refractivity contribution in [3.63, 3.8) is 0 Å². The molecule has 6 N–H and O–H groups in total. The van der Waals surface area contributed by atoms with Crippen LogP contribution in [0.5, 0.6) is 0 Å². The molecule has 1 aromatic carbocycles. The van der Waals surface area contributed by atoms with Crippen LogP contribution in [0.25, 0.3) is 0 Å². The van der Waals surface area contributed by atoms with Gasteiger partial charge in [-0.3, -0.25) is 11.2 Å². The largest absolute Gasteiger partial charge is 0.369 e. The van der Waals surface area contributed by atoms with Crippen molar-refractivity contribution in [3.8, 4) is 0 Å². The van der Waals surface area contributed by atoms with E-state index in [1.165, 1.54) is 31.7 Å². The number of hydrogen-bond acceptors (Lipinski definition) is 6. The maximum Gasteiger partial charge on any atom is 0.209 e. The summed E-state index contributed by atoms with van der Waals surface area (Å²) < 4.78 is 14.9. The molecule has 1 aromatic rings. The lowest BCUT2D eigenvalue weighted by atomic mass is 9.85. The lowest BCUT2D eigenvalue weighted by Gasteiger charge is -2.39. The van der Waals surface area contributed by atoms with E-state index in [9.17, 15) is 4.39 Å². The SMILES string of the molecule is NC1=NC(N)(c2ccc(C3CCN([C@H]4C[C@@H]5CC[C@H]4C5)CC3)c(F)c2)NN1. The zero-order valence-electron chi connectivity index (χ0n) is 15.6. The molecule has 0 amide bonds. The van der Waals surface area contributed by atoms with Gasteiger partial charge in [-0.2, -0.15) is 5.43 Å². The van der Waals surface area contributed by atoms with Crippen molar-refractivity contribution < 1.29 is 4.39 Å². The third-order valence-corrected chi connectivity index (χ3v) is 7.26. The van der Waals surface area contributed by atoms with Gasteiger partial charge in [0.15, 0.2) is 0 Å². The summed E-state index contributed by atoms with van der Waals surface area (Å²) in [5.74, 6) is 0.971. The lowest BCUT2D eigenvalue weighted by molar-refractivity contribution is 0.110. The number of nitrogens with two attached hydrogens (primary N) is 2. The van der Waals surface area contributed by atoms with E-state index in [4.69, 9.17) is 11.5 Å². The molecule has 0 radical (unpaired) electrons. The minimum absolute atomic E-state index is 0.196. The van der Waals surface area contributed by atoms with Gasteiger partial charge in [-0.25, -0.2) is 9.38 Å². The molecule has 0 aromatic heterocycles. The summed E-state index contributed by atoms with van der Waals surface area (Å²) >= 11 is 0. The first-order chi connectivity index (χ1) is 13.0. The van der Waals surface area contributed by atoms with E-state index in [1.54, 1.807) is 0 Å². The van der Waals surface area contributed by atoms with Crippen LogP contribution in [0.15, 0.2) is 23.2 Å². The Morgan fingerprint density at radius 3 is 2.56 bits per heavy atom. The van der Waals surface area contributed by atoms with Crippen LogP contribution in [-0.4, -0.2) is 30.0 Å². The third-order valence-electron chi connectivity index (χ3n) is 7.26. The Bertz CT molecular complexity index is 759. The summed E-state index contributed by atoms with van der Waals surface area (Å²) in [5.41, 5.74) is 18.6. The Morgan fingerprint density at radius 2 is 1.96 bits per heavy atom. The minimum atomic E-state index is -1.21. The molecule has 5 rings (SSSR count). The summed E-state index contributed by atoms with van der Waals surface area (Å²) in [6, 6.07) is 6.02. The number of nitrogens with one attached hydrogen (secondary N) is 2. The van der Waals surface area contributed by atoms with Gasteiger partial charge in [-0.1, -0.05) is 18.6 Å². The molecule has 6 nitrogen and oxygen atoms in total. The van der Waals surface area contributed by atoms with Crippen LogP contribution in [0.2, 0.25) is 0 Å². The van der Waals surface area contributed by atoms with Gasteiger partial charge in [0.2, 0.25) is 11.7 Å². The Morgan fingerprint density at radius 1 is 1.15 bits per heavy atom. The number of rotatable bonds is 3. The molecule has 146 valence electrons. The molecular weight excluding hydrogens is 343 g/mol. The monoisotopic (exact) mass is 372 g/mol. The Labute approximate surface area is 159 Å². The summed E-state index contributed by atoms with van der Waals surface area (Å²) in [7, 11) is 0. The molecule has 0 spiro atoms. The normalized spacial score (nSPS) is 36.8.